The summed E-state index contributed by atoms with van der Waals surface area (Å²) in [5.41, 5.74) is 1.90. The number of H-pyrrole nitrogens is 1. The molecule has 0 fully saturated rings. The topological polar surface area (TPSA) is 88.0 Å². The zero-order valence-corrected chi connectivity index (χ0v) is 14.4. The quantitative estimate of drug-likeness (QED) is 0.594. The van der Waals surface area contributed by atoms with E-state index in [9.17, 15) is 9.59 Å². The van der Waals surface area contributed by atoms with Crippen LogP contribution in [0.15, 0.2) is 57.7 Å². The van der Waals surface area contributed by atoms with E-state index >= 15 is 0 Å². The molecule has 2 aromatic carbocycles. The maximum absolute atomic E-state index is 12.6. The Hall–Kier alpha value is -3.41. The highest BCUT2D eigenvalue weighted by Crippen LogP contribution is 2.29. The van der Waals surface area contributed by atoms with Crippen molar-refractivity contribution in [3.05, 3.63) is 76.0 Å². The molecule has 0 aliphatic heterocycles. The summed E-state index contributed by atoms with van der Waals surface area (Å²) in [4.78, 5) is 31.5. The number of amides is 1. The summed E-state index contributed by atoms with van der Waals surface area (Å²) in [5, 5.41) is 4.30. The van der Waals surface area contributed by atoms with Gasteiger partial charge in [0.2, 0.25) is 0 Å². The Morgan fingerprint density at radius 1 is 1.12 bits per heavy atom. The van der Waals surface area contributed by atoms with Gasteiger partial charge in [0.05, 0.1) is 16.9 Å². The number of aromatic amines is 1. The molecule has 2 heterocycles. The third-order valence-electron chi connectivity index (χ3n) is 4.45. The van der Waals surface area contributed by atoms with Crippen molar-refractivity contribution < 1.29 is 9.21 Å². The first-order valence-corrected chi connectivity index (χ1v) is 8.32. The van der Waals surface area contributed by atoms with E-state index in [1.54, 1.807) is 24.3 Å². The number of hydrogen-bond acceptors (Lipinski definition) is 4. The molecule has 0 spiro atoms. The molecule has 26 heavy (non-hydrogen) atoms. The standard InChI is InChI=1S/C20H17N3O3/c1-11-13-7-4-6-10-16(13)26-17(11)12(2)21-20(25)18-22-15-9-5-3-8-14(15)19(24)23-18/h3-10,12H,1-2H3,(H,21,25)(H,22,23,24). The molecule has 6 nitrogen and oxygen atoms in total. The number of nitrogens with one attached hydrogen (secondary N) is 2. The summed E-state index contributed by atoms with van der Waals surface area (Å²) < 4.78 is 5.88. The Bertz CT molecular complexity index is 1190. The zero-order valence-electron chi connectivity index (χ0n) is 14.4. The number of nitrogens with zero attached hydrogens (tertiary/aromatic N) is 1. The number of fused-ring (bicyclic) bond motifs is 2. The highest BCUT2D eigenvalue weighted by Gasteiger charge is 2.20. The fraction of sp³-hybridized carbons (Fsp3) is 0.150. The molecule has 2 aromatic heterocycles. The van der Waals surface area contributed by atoms with E-state index in [4.69, 9.17) is 4.42 Å². The van der Waals surface area contributed by atoms with Gasteiger partial charge in [0.1, 0.15) is 11.3 Å². The molecule has 0 bridgehead atoms. The first-order valence-electron chi connectivity index (χ1n) is 8.32. The van der Waals surface area contributed by atoms with E-state index in [-0.39, 0.29) is 17.4 Å². The van der Waals surface area contributed by atoms with Crippen molar-refractivity contribution in [3.63, 3.8) is 0 Å². The fourth-order valence-corrected chi connectivity index (χ4v) is 3.13. The van der Waals surface area contributed by atoms with Gasteiger partial charge in [-0.15, -0.1) is 0 Å². The SMILES string of the molecule is Cc1c(C(C)NC(=O)c2nc3ccccc3c(=O)[nH]2)oc2ccccc12. The van der Waals surface area contributed by atoms with Crippen LogP contribution in [-0.4, -0.2) is 15.9 Å². The fourth-order valence-electron chi connectivity index (χ4n) is 3.13. The van der Waals surface area contributed by atoms with Crippen LogP contribution in [0.25, 0.3) is 21.9 Å². The predicted molar refractivity (Wildman–Crippen MR) is 99.2 cm³/mol. The van der Waals surface area contributed by atoms with Gasteiger partial charge < -0.3 is 14.7 Å². The Balaban J connectivity index is 1.65. The van der Waals surface area contributed by atoms with Crippen LogP contribution < -0.4 is 10.9 Å². The highest BCUT2D eigenvalue weighted by molar-refractivity contribution is 5.93. The molecule has 130 valence electrons. The van der Waals surface area contributed by atoms with Gasteiger partial charge >= 0.3 is 0 Å². The monoisotopic (exact) mass is 347 g/mol. The second-order valence-electron chi connectivity index (χ2n) is 6.21. The molecule has 0 radical (unpaired) electrons. The predicted octanol–water partition coefficient (Wildman–Crippen LogP) is 3.47. The van der Waals surface area contributed by atoms with E-state index in [1.807, 2.05) is 38.1 Å². The van der Waals surface area contributed by atoms with E-state index in [2.05, 4.69) is 15.3 Å². The smallest absolute Gasteiger partial charge is 0.287 e. The third-order valence-corrected chi connectivity index (χ3v) is 4.45. The second-order valence-corrected chi connectivity index (χ2v) is 6.21. The van der Waals surface area contributed by atoms with Crippen molar-refractivity contribution in [3.8, 4) is 0 Å². The van der Waals surface area contributed by atoms with Crippen molar-refractivity contribution in [1.82, 2.24) is 15.3 Å². The lowest BCUT2D eigenvalue weighted by molar-refractivity contribution is 0.0925. The van der Waals surface area contributed by atoms with Crippen LogP contribution in [0.2, 0.25) is 0 Å². The summed E-state index contributed by atoms with van der Waals surface area (Å²) in [6.07, 6.45) is 0. The number of furan rings is 1. The molecule has 4 aromatic rings. The molecule has 0 saturated carbocycles. The molecular formula is C20H17N3O3. The van der Waals surface area contributed by atoms with Crippen molar-refractivity contribution in [1.29, 1.82) is 0 Å². The molecular weight excluding hydrogens is 330 g/mol. The number of aryl methyl sites for hydroxylation is 1. The number of hydrogen-bond donors (Lipinski definition) is 2. The first kappa shape index (κ1) is 16.1. The number of aromatic nitrogens is 2. The van der Waals surface area contributed by atoms with Gasteiger partial charge in [0.15, 0.2) is 5.82 Å². The molecule has 1 unspecified atom stereocenters. The number of para-hydroxylation sites is 2. The van der Waals surface area contributed by atoms with Crippen molar-refractivity contribution in [2.45, 2.75) is 19.9 Å². The lowest BCUT2D eigenvalue weighted by atomic mass is 10.1. The number of benzene rings is 2. The average molecular weight is 347 g/mol. The van der Waals surface area contributed by atoms with E-state index < -0.39 is 5.91 Å². The highest BCUT2D eigenvalue weighted by atomic mass is 16.3. The van der Waals surface area contributed by atoms with Crippen LogP contribution in [0.3, 0.4) is 0 Å². The maximum Gasteiger partial charge on any atom is 0.287 e. The van der Waals surface area contributed by atoms with Gasteiger partial charge in [-0.25, -0.2) is 4.98 Å². The van der Waals surface area contributed by atoms with E-state index in [1.165, 1.54) is 0 Å². The van der Waals surface area contributed by atoms with Gasteiger partial charge in [-0.2, -0.15) is 0 Å². The molecule has 0 saturated heterocycles. The number of rotatable bonds is 3. The Kier molecular flexibility index (Phi) is 3.80. The van der Waals surface area contributed by atoms with Crippen molar-refractivity contribution in [2.75, 3.05) is 0 Å². The summed E-state index contributed by atoms with van der Waals surface area (Å²) in [6.45, 7) is 3.79. The molecule has 6 heteroatoms. The minimum Gasteiger partial charge on any atom is -0.459 e. The van der Waals surface area contributed by atoms with Crippen LogP contribution in [0.4, 0.5) is 0 Å². The summed E-state index contributed by atoms with van der Waals surface area (Å²) >= 11 is 0. The molecule has 0 aliphatic carbocycles. The Labute approximate surface area is 148 Å². The van der Waals surface area contributed by atoms with Crippen molar-refractivity contribution >= 4 is 27.8 Å². The lowest BCUT2D eigenvalue weighted by Gasteiger charge is -2.12. The van der Waals surface area contributed by atoms with Crippen LogP contribution in [-0.2, 0) is 0 Å². The largest absolute Gasteiger partial charge is 0.459 e. The van der Waals surface area contributed by atoms with Gasteiger partial charge in [0, 0.05) is 10.9 Å². The minimum atomic E-state index is -0.458. The average Bonchev–Trinajstić information content (AvgIpc) is 2.99. The van der Waals surface area contributed by atoms with E-state index in [0.29, 0.717) is 16.7 Å². The Morgan fingerprint density at radius 3 is 2.58 bits per heavy atom. The summed E-state index contributed by atoms with van der Waals surface area (Å²) in [5.74, 6) is 0.206. The third kappa shape index (κ3) is 2.65. The zero-order chi connectivity index (χ0) is 18.3. The maximum atomic E-state index is 12.6. The van der Waals surface area contributed by atoms with Crippen LogP contribution in [0.1, 0.15) is 34.9 Å². The molecule has 2 N–H and O–H groups in total. The number of carbonyl (C=O) groups is 1. The summed E-state index contributed by atoms with van der Waals surface area (Å²) in [6, 6.07) is 14.3. The second kappa shape index (κ2) is 6.15. The first-order chi connectivity index (χ1) is 12.5. The van der Waals surface area contributed by atoms with Crippen LogP contribution >= 0.6 is 0 Å². The molecule has 0 aliphatic rings. The molecule has 1 atom stereocenters. The van der Waals surface area contributed by atoms with Gasteiger partial charge in [-0.05, 0) is 32.0 Å². The van der Waals surface area contributed by atoms with Crippen molar-refractivity contribution in [2.24, 2.45) is 0 Å². The van der Waals surface area contributed by atoms with Crippen LogP contribution in [0, 0.1) is 6.92 Å². The molecule has 1 amide bonds. The van der Waals surface area contributed by atoms with Gasteiger partial charge in [-0.3, -0.25) is 9.59 Å². The van der Waals surface area contributed by atoms with Gasteiger partial charge in [0.25, 0.3) is 11.5 Å². The summed E-state index contributed by atoms with van der Waals surface area (Å²) in [7, 11) is 0. The van der Waals surface area contributed by atoms with E-state index in [0.717, 1.165) is 16.5 Å². The lowest BCUT2D eigenvalue weighted by Crippen LogP contribution is -2.30. The Morgan fingerprint density at radius 2 is 1.81 bits per heavy atom. The number of carbonyl (C=O) groups excluding carboxylic acids is 1. The minimum absolute atomic E-state index is 0.0192. The normalized spacial score (nSPS) is 12.4. The molecule has 4 rings (SSSR count). The van der Waals surface area contributed by atoms with Crippen LogP contribution in [0.5, 0.6) is 0 Å². The van der Waals surface area contributed by atoms with Gasteiger partial charge in [-0.1, -0.05) is 30.3 Å².